The minimum Gasteiger partial charge on any atom is -0.455 e. The van der Waals surface area contributed by atoms with Gasteiger partial charge in [-0.15, -0.1) is 0 Å². The smallest absolute Gasteiger partial charge is 0.416 e. The van der Waals surface area contributed by atoms with E-state index in [9.17, 15) is 22.8 Å². The first-order valence-electron chi connectivity index (χ1n) is 7.65. The highest BCUT2D eigenvalue weighted by Gasteiger charge is 2.40. The molecule has 0 unspecified atom stereocenters. The Balaban J connectivity index is 1.51. The van der Waals surface area contributed by atoms with Crippen molar-refractivity contribution in [3.05, 3.63) is 42.0 Å². The molecule has 1 N–H and O–H groups in total. The highest BCUT2D eigenvalue weighted by atomic mass is 19.4. The fourth-order valence-corrected chi connectivity index (χ4v) is 3.27. The van der Waals surface area contributed by atoms with Crippen LogP contribution in [0.4, 0.5) is 18.9 Å². The topological polar surface area (TPSA) is 55.4 Å². The molecule has 0 aromatic heterocycles. The van der Waals surface area contributed by atoms with Crippen LogP contribution >= 0.6 is 0 Å². The molecule has 0 radical (unpaired) electrons. The summed E-state index contributed by atoms with van der Waals surface area (Å²) in [5.41, 5.74) is -0.847. The molecule has 4 nitrogen and oxygen atoms in total. The molecule has 1 fully saturated rings. The first-order valence-corrected chi connectivity index (χ1v) is 7.65. The van der Waals surface area contributed by atoms with Gasteiger partial charge in [0, 0.05) is 5.69 Å². The molecule has 0 aliphatic heterocycles. The number of fused-ring (bicyclic) bond motifs is 2. The number of amides is 1. The Morgan fingerprint density at radius 2 is 2.00 bits per heavy atom. The fraction of sp³-hybridized carbons (Fsp3) is 0.412. The van der Waals surface area contributed by atoms with E-state index in [4.69, 9.17) is 4.74 Å². The Morgan fingerprint density at radius 1 is 1.21 bits per heavy atom. The summed E-state index contributed by atoms with van der Waals surface area (Å²) in [6.45, 7) is -0.507. The van der Waals surface area contributed by atoms with Crippen molar-refractivity contribution in [2.75, 3.05) is 11.9 Å². The zero-order valence-electron chi connectivity index (χ0n) is 12.7. The van der Waals surface area contributed by atoms with Gasteiger partial charge < -0.3 is 10.1 Å². The van der Waals surface area contributed by atoms with Crippen molar-refractivity contribution in [3.8, 4) is 0 Å². The van der Waals surface area contributed by atoms with Crippen molar-refractivity contribution in [2.24, 2.45) is 17.8 Å². The van der Waals surface area contributed by atoms with Gasteiger partial charge in [-0.3, -0.25) is 9.59 Å². The monoisotopic (exact) mass is 339 g/mol. The van der Waals surface area contributed by atoms with Crippen LogP contribution < -0.4 is 5.32 Å². The summed E-state index contributed by atoms with van der Waals surface area (Å²) in [5.74, 6) is -0.728. The van der Waals surface area contributed by atoms with Crippen LogP contribution in [-0.2, 0) is 20.5 Å². The van der Waals surface area contributed by atoms with Crippen molar-refractivity contribution in [2.45, 2.75) is 19.0 Å². The zero-order valence-corrected chi connectivity index (χ0v) is 12.7. The van der Waals surface area contributed by atoms with E-state index in [2.05, 4.69) is 11.4 Å². The Morgan fingerprint density at radius 3 is 2.62 bits per heavy atom. The van der Waals surface area contributed by atoms with E-state index in [1.54, 1.807) is 0 Å². The molecule has 2 bridgehead atoms. The van der Waals surface area contributed by atoms with Crippen LogP contribution in [0.3, 0.4) is 0 Å². The Labute approximate surface area is 136 Å². The lowest BCUT2D eigenvalue weighted by Crippen LogP contribution is -2.26. The van der Waals surface area contributed by atoms with Crippen LogP contribution in [0, 0.1) is 17.8 Å². The number of halogens is 3. The Kier molecular flexibility index (Phi) is 4.34. The Hall–Kier alpha value is -2.31. The molecular weight excluding hydrogens is 323 g/mol. The van der Waals surface area contributed by atoms with Crippen molar-refractivity contribution in [1.82, 2.24) is 0 Å². The minimum atomic E-state index is -4.48. The first kappa shape index (κ1) is 16.5. The Bertz CT molecular complexity index is 684. The molecule has 1 saturated carbocycles. The molecule has 0 heterocycles. The summed E-state index contributed by atoms with van der Waals surface area (Å²) < 4.78 is 42.9. The molecule has 0 saturated heterocycles. The lowest BCUT2D eigenvalue weighted by atomic mass is 9.94. The number of carbonyl (C=O) groups excluding carboxylic acids is 2. The number of carbonyl (C=O) groups is 2. The number of ether oxygens (including phenoxy) is 1. The molecule has 0 spiro atoms. The van der Waals surface area contributed by atoms with Crippen LogP contribution in [0.15, 0.2) is 36.4 Å². The standard InChI is InChI=1S/C17H16F3NO3/c18-17(19,20)12-2-1-3-13(8-12)21-15(22)9-24-16(23)14-7-10-4-5-11(14)6-10/h1-5,8,10-11,14H,6-7,9H2,(H,21,22)/t10-,11+,14+/m1/s1. The van der Waals surface area contributed by atoms with E-state index in [0.717, 1.165) is 25.0 Å². The average molecular weight is 339 g/mol. The number of hydrogen-bond donors (Lipinski definition) is 1. The molecule has 128 valence electrons. The third-order valence-corrected chi connectivity index (χ3v) is 4.40. The van der Waals surface area contributed by atoms with Crippen molar-refractivity contribution in [1.29, 1.82) is 0 Å². The molecular formula is C17H16F3NO3. The molecule has 3 rings (SSSR count). The second-order valence-corrected chi connectivity index (χ2v) is 6.12. The molecule has 1 aromatic carbocycles. The van der Waals surface area contributed by atoms with E-state index in [1.165, 1.54) is 12.1 Å². The summed E-state index contributed by atoms with van der Waals surface area (Å²) in [6, 6.07) is 4.29. The third-order valence-electron chi connectivity index (χ3n) is 4.40. The molecule has 1 aromatic rings. The van der Waals surface area contributed by atoms with E-state index >= 15 is 0 Å². The van der Waals surface area contributed by atoms with Gasteiger partial charge in [0.2, 0.25) is 0 Å². The summed E-state index contributed by atoms with van der Waals surface area (Å²) in [4.78, 5) is 23.8. The summed E-state index contributed by atoms with van der Waals surface area (Å²) in [5, 5.41) is 2.30. The first-order chi connectivity index (χ1) is 11.3. The third kappa shape index (κ3) is 3.60. The van der Waals surface area contributed by atoms with Gasteiger partial charge >= 0.3 is 12.1 Å². The van der Waals surface area contributed by atoms with Gasteiger partial charge in [-0.25, -0.2) is 0 Å². The fourth-order valence-electron chi connectivity index (χ4n) is 3.27. The normalized spacial score (nSPS) is 24.9. The second-order valence-electron chi connectivity index (χ2n) is 6.12. The van der Waals surface area contributed by atoms with Gasteiger partial charge in [-0.05, 0) is 42.9 Å². The molecule has 24 heavy (non-hydrogen) atoms. The number of benzene rings is 1. The van der Waals surface area contributed by atoms with Gasteiger partial charge in [0.25, 0.3) is 5.91 Å². The zero-order chi connectivity index (χ0) is 17.3. The molecule has 7 heteroatoms. The maximum absolute atomic E-state index is 12.6. The number of nitrogens with one attached hydrogen (secondary N) is 1. The van der Waals surface area contributed by atoms with Crippen molar-refractivity contribution < 1.29 is 27.5 Å². The quantitative estimate of drug-likeness (QED) is 0.676. The predicted octanol–water partition coefficient (Wildman–Crippen LogP) is 3.40. The van der Waals surface area contributed by atoms with Crippen LogP contribution in [0.2, 0.25) is 0 Å². The maximum atomic E-state index is 12.6. The molecule has 2 aliphatic rings. The largest absolute Gasteiger partial charge is 0.455 e. The van der Waals surface area contributed by atoms with Crippen molar-refractivity contribution in [3.63, 3.8) is 0 Å². The molecule has 3 atom stereocenters. The number of rotatable bonds is 4. The number of alkyl halides is 3. The van der Waals surface area contributed by atoms with E-state index in [1.807, 2.05) is 6.08 Å². The van der Waals surface area contributed by atoms with Crippen LogP contribution in [0.25, 0.3) is 0 Å². The van der Waals surface area contributed by atoms with E-state index in [-0.39, 0.29) is 17.5 Å². The second kappa shape index (κ2) is 6.30. The van der Waals surface area contributed by atoms with Crippen LogP contribution in [0.1, 0.15) is 18.4 Å². The van der Waals surface area contributed by atoms with Gasteiger partial charge in [-0.1, -0.05) is 18.2 Å². The minimum absolute atomic E-state index is 0.00808. The predicted molar refractivity (Wildman–Crippen MR) is 79.9 cm³/mol. The SMILES string of the molecule is O=C(COC(=O)[C@H]1C[C@@H]2C=C[C@H]1C2)Nc1cccc(C(F)(F)F)c1. The number of anilines is 1. The lowest BCUT2D eigenvalue weighted by molar-refractivity contribution is -0.152. The summed E-state index contributed by atoms with van der Waals surface area (Å²) in [7, 11) is 0. The van der Waals surface area contributed by atoms with Gasteiger partial charge in [0.05, 0.1) is 11.5 Å². The molecule has 1 amide bonds. The summed E-state index contributed by atoms with van der Waals surface area (Å²) in [6.07, 6.45) is 1.28. The molecule has 2 aliphatic carbocycles. The van der Waals surface area contributed by atoms with E-state index in [0.29, 0.717) is 5.92 Å². The number of allylic oxidation sites excluding steroid dienone is 2. The van der Waals surface area contributed by atoms with Crippen LogP contribution in [-0.4, -0.2) is 18.5 Å². The average Bonchev–Trinajstić information content (AvgIpc) is 3.15. The van der Waals surface area contributed by atoms with Gasteiger partial charge in [0.15, 0.2) is 6.61 Å². The van der Waals surface area contributed by atoms with Crippen LogP contribution in [0.5, 0.6) is 0 Å². The van der Waals surface area contributed by atoms with Gasteiger partial charge in [-0.2, -0.15) is 13.2 Å². The number of hydrogen-bond acceptors (Lipinski definition) is 3. The highest BCUT2D eigenvalue weighted by Crippen LogP contribution is 2.43. The summed E-state index contributed by atoms with van der Waals surface area (Å²) >= 11 is 0. The highest BCUT2D eigenvalue weighted by molar-refractivity contribution is 5.93. The maximum Gasteiger partial charge on any atom is 0.416 e. The van der Waals surface area contributed by atoms with Gasteiger partial charge in [0.1, 0.15) is 0 Å². The van der Waals surface area contributed by atoms with E-state index < -0.39 is 30.2 Å². The lowest BCUT2D eigenvalue weighted by Gasteiger charge is -2.16. The number of esters is 1. The van der Waals surface area contributed by atoms with Crippen molar-refractivity contribution >= 4 is 17.6 Å².